The van der Waals surface area contributed by atoms with Crippen molar-refractivity contribution in [3.05, 3.63) is 0 Å². The average molecular weight is 314 g/mol. The van der Waals surface area contributed by atoms with Crippen LogP contribution in [0.4, 0.5) is 4.79 Å². The predicted octanol–water partition coefficient (Wildman–Crippen LogP) is 0.986. The SMILES string of the molecule is O=C(O)CC1CSCCN1C(=O)N1C2CCC1CC(O)C2. The fraction of sp³-hybridized carbons (Fsp3) is 0.857. The molecule has 3 aliphatic rings. The van der Waals surface area contributed by atoms with Gasteiger partial charge in [0.1, 0.15) is 0 Å². The van der Waals surface area contributed by atoms with Crippen LogP contribution in [0.3, 0.4) is 0 Å². The molecule has 0 radical (unpaired) electrons. The van der Waals surface area contributed by atoms with Gasteiger partial charge in [0, 0.05) is 30.1 Å². The molecule has 6 nitrogen and oxygen atoms in total. The van der Waals surface area contributed by atoms with Crippen LogP contribution in [0.5, 0.6) is 0 Å². The number of carboxylic acids is 1. The zero-order valence-corrected chi connectivity index (χ0v) is 12.8. The summed E-state index contributed by atoms with van der Waals surface area (Å²) in [5, 5.41) is 18.9. The number of rotatable bonds is 2. The number of aliphatic carboxylic acids is 1. The molecule has 3 saturated heterocycles. The van der Waals surface area contributed by atoms with E-state index in [0.29, 0.717) is 25.1 Å². The van der Waals surface area contributed by atoms with Crippen molar-refractivity contribution in [3.8, 4) is 0 Å². The van der Waals surface area contributed by atoms with Crippen LogP contribution in [-0.4, -0.2) is 74.3 Å². The van der Waals surface area contributed by atoms with Gasteiger partial charge in [0.25, 0.3) is 0 Å². The minimum absolute atomic E-state index is 0.0130. The highest BCUT2D eigenvalue weighted by atomic mass is 32.2. The fourth-order valence-corrected chi connectivity index (χ4v) is 4.95. The van der Waals surface area contributed by atoms with E-state index in [4.69, 9.17) is 5.11 Å². The van der Waals surface area contributed by atoms with Crippen molar-refractivity contribution in [2.75, 3.05) is 18.1 Å². The molecule has 3 atom stereocenters. The summed E-state index contributed by atoms with van der Waals surface area (Å²) in [6.45, 7) is 0.625. The molecule has 0 aromatic heterocycles. The molecule has 3 unspecified atom stereocenters. The predicted molar refractivity (Wildman–Crippen MR) is 79.4 cm³/mol. The number of fused-ring (bicyclic) bond motifs is 2. The molecule has 0 aromatic carbocycles. The number of piperidine rings is 1. The number of carbonyl (C=O) groups excluding carboxylic acids is 1. The van der Waals surface area contributed by atoms with Gasteiger partial charge in [0.2, 0.25) is 0 Å². The third-order valence-corrected chi connectivity index (χ3v) is 5.90. The second-order valence-corrected chi connectivity index (χ2v) is 7.37. The smallest absolute Gasteiger partial charge is 0.320 e. The van der Waals surface area contributed by atoms with Gasteiger partial charge in [-0.2, -0.15) is 11.8 Å². The lowest BCUT2D eigenvalue weighted by Crippen LogP contribution is -2.57. The topological polar surface area (TPSA) is 81.1 Å². The van der Waals surface area contributed by atoms with Gasteiger partial charge in [-0.3, -0.25) is 4.79 Å². The molecule has 21 heavy (non-hydrogen) atoms. The number of aliphatic hydroxyl groups excluding tert-OH is 1. The number of carbonyl (C=O) groups is 2. The Labute approximate surface area is 128 Å². The number of carboxylic acid groups (broad SMARTS) is 1. The quantitative estimate of drug-likeness (QED) is 0.794. The van der Waals surface area contributed by atoms with Crippen LogP contribution in [0.25, 0.3) is 0 Å². The molecule has 3 fully saturated rings. The fourth-order valence-electron chi connectivity index (χ4n) is 3.89. The first-order chi connectivity index (χ1) is 10.1. The molecule has 3 rings (SSSR count). The van der Waals surface area contributed by atoms with Crippen LogP contribution in [0.15, 0.2) is 0 Å². The van der Waals surface area contributed by atoms with Gasteiger partial charge in [0.05, 0.1) is 18.6 Å². The number of thioether (sulfide) groups is 1. The van der Waals surface area contributed by atoms with E-state index in [2.05, 4.69) is 0 Å². The lowest BCUT2D eigenvalue weighted by molar-refractivity contribution is -0.138. The summed E-state index contributed by atoms with van der Waals surface area (Å²) in [4.78, 5) is 27.6. The van der Waals surface area contributed by atoms with Crippen molar-refractivity contribution >= 4 is 23.8 Å². The zero-order valence-electron chi connectivity index (χ0n) is 12.0. The lowest BCUT2D eigenvalue weighted by atomic mass is 10.0. The number of nitrogens with zero attached hydrogens (tertiary/aromatic N) is 2. The van der Waals surface area contributed by atoms with Crippen molar-refractivity contribution in [2.24, 2.45) is 0 Å². The molecule has 3 aliphatic heterocycles. The normalized spacial score (nSPS) is 35.9. The Balaban J connectivity index is 1.72. The Morgan fingerprint density at radius 1 is 1.19 bits per heavy atom. The minimum atomic E-state index is -0.850. The van der Waals surface area contributed by atoms with Crippen LogP contribution >= 0.6 is 11.8 Å². The molecule has 3 heterocycles. The van der Waals surface area contributed by atoms with Gasteiger partial charge < -0.3 is 20.0 Å². The van der Waals surface area contributed by atoms with Gasteiger partial charge in [-0.25, -0.2) is 4.79 Å². The molecule has 118 valence electrons. The van der Waals surface area contributed by atoms with E-state index >= 15 is 0 Å². The van der Waals surface area contributed by atoms with Gasteiger partial charge in [-0.15, -0.1) is 0 Å². The maximum absolute atomic E-state index is 12.9. The van der Waals surface area contributed by atoms with E-state index in [-0.39, 0.29) is 36.7 Å². The molecule has 0 aliphatic carbocycles. The number of urea groups is 1. The van der Waals surface area contributed by atoms with E-state index in [0.717, 1.165) is 18.6 Å². The second-order valence-electron chi connectivity index (χ2n) is 6.22. The monoisotopic (exact) mass is 314 g/mol. The van der Waals surface area contributed by atoms with Crippen LogP contribution in [0.2, 0.25) is 0 Å². The van der Waals surface area contributed by atoms with E-state index < -0.39 is 5.97 Å². The molecule has 2 bridgehead atoms. The number of hydrogen-bond donors (Lipinski definition) is 2. The van der Waals surface area contributed by atoms with Crippen molar-refractivity contribution in [2.45, 2.75) is 56.3 Å². The Kier molecular flexibility index (Phi) is 4.31. The Morgan fingerprint density at radius 3 is 2.48 bits per heavy atom. The first kappa shape index (κ1) is 15.0. The highest BCUT2D eigenvalue weighted by Crippen LogP contribution is 2.37. The first-order valence-corrected chi connectivity index (χ1v) is 8.78. The molecule has 2 N–H and O–H groups in total. The first-order valence-electron chi connectivity index (χ1n) is 7.62. The summed E-state index contributed by atoms with van der Waals surface area (Å²) in [6, 6.07) is 0.0403. The summed E-state index contributed by atoms with van der Waals surface area (Å²) < 4.78 is 0. The third kappa shape index (κ3) is 2.99. The molecule has 7 heteroatoms. The lowest BCUT2D eigenvalue weighted by Gasteiger charge is -2.43. The van der Waals surface area contributed by atoms with Crippen LogP contribution < -0.4 is 0 Å². The van der Waals surface area contributed by atoms with Crippen molar-refractivity contribution in [1.29, 1.82) is 0 Å². The summed E-state index contributed by atoms with van der Waals surface area (Å²) in [6.07, 6.45) is 2.96. The standard InChI is InChI=1S/C14H22N2O4S/c17-12-5-9-1-2-10(6-12)16(9)14(20)15-3-4-21-8-11(15)7-13(18)19/h9-12,17H,1-8H2,(H,18,19). The maximum Gasteiger partial charge on any atom is 0.320 e. The average Bonchev–Trinajstić information content (AvgIpc) is 2.70. The Bertz CT molecular complexity index is 419. The number of amides is 2. The third-order valence-electron chi connectivity index (χ3n) is 4.81. The van der Waals surface area contributed by atoms with Crippen LogP contribution in [0.1, 0.15) is 32.1 Å². The van der Waals surface area contributed by atoms with Crippen molar-refractivity contribution in [1.82, 2.24) is 9.80 Å². The van der Waals surface area contributed by atoms with Gasteiger partial charge in [0.15, 0.2) is 0 Å². The van der Waals surface area contributed by atoms with E-state index in [1.165, 1.54) is 0 Å². The number of aliphatic hydroxyl groups is 1. The molecule has 2 amide bonds. The van der Waals surface area contributed by atoms with E-state index in [9.17, 15) is 14.7 Å². The molecule has 0 aromatic rings. The highest BCUT2D eigenvalue weighted by molar-refractivity contribution is 7.99. The van der Waals surface area contributed by atoms with Crippen LogP contribution in [0, 0.1) is 0 Å². The molecular formula is C14H22N2O4S. The Morgan fingerprint density at radius 2 is 1.86 bits per heavy atom. The maximum atomic E-state index is 12.9. The number of hydrogen-bond acceptors (Lipinski definition) is 4. The second kappa shape index (κ2) is 6.04. The largest absolute Gasteiger partial charge is 0.481 e. The van der Waals surface area contributed by atoms with Crippen molar-refractivity contribution in [3.63, 3.8) is 0 Å². The van der Waals surface area contributed by atoms with Crippen LogP contribution in [-0.2, 0) is 4.79 Å². The minimum Gasteiger partial charge on any atom is -0.481 e. The van der Waals surface area contributed by atoms with E-state index in [1.807, 2.05) is 4.90 Å². The highest BCUT2D eigenvalue weighted by Gasteiger charge is 2.45. The summed E-state index contributed by atoms with van der Waals surface area (Å²) >= 11 is 1.71. The van der Waals surface area contributed by atoms with Crippen molar-refractivity contribution < 1.29 is 19.8 Å². The summed E-state index contributed by atoms with van der Waals surface area (Å²) in [5.74, 6) is 0.717. The Hall–Kier alpha value is -0.950. The zero-order chi connectivity index (χ0) is 15.0. The molecule has 0 spiro atoms. The van der Waals surface area contributed by atoms with Gasteiger partial charge in [-0.1, -0.05) is 0 Å². The molecule has 0 saturated carbocycles. The van der Waals surface area contributed by atoms with E-state index in [1.54, 1.807) is 16.7 Å². The summed E-state index contributed by atoms with van der Waals surface area (Å²) in [5.41, 5.74) is 0. The van der Waals surface area contributed by atoms with Gasteiger partial charge in [-0.05, 0) is 25.7 Å². The molecular weight excluding hydrogens is 292 g/mol. The summed E-state index contributed by atoms with van der Waals surface area (Å²) in [7, 11) is 0. The van der Waals surface area contributed by atoms with Gasteiger partial charge >= 0.3 is 12.0 Å².